The number of hydrogen-bond acceptors (Lipinski definition) is 6. The minimum Gasteiger partial charge on any atom is -0.468 e. The van der Waals surface area contributed by atoms with Gasteiger partial charge in [0.2, 0.25) is 0 Å². The Kier molecular flexibility index (Phi) is 5.94. The van der Waals surface area contributed by atoms with Crippen LogP contribution in [-0.4, -0.2) is 49.4 Å². The highest BCUT2D eigenvalue weighted by Gasteiger charge is 2.18. The summed E-state index contributed by atoms with van der Waals surface area (Å²) in [4.78, 5) is 8.82. The van der Waals surface area contributed by atoms with Gasteiger partial charge < -0.3 is 4.42 Å². The summed E-state index contributed by atoms with van der Waals surface area (Å²) >= 11 is 0. The zero-order valence-electron chi connectivity index (χ0n) is 16.1. The van der Waals surface area contributed by atoms with Crippen LogP contribution in [0.2, 0.25) is 0 Å². The maximum absolute atomic E-state index is 12.4. The first kappa shape index (κ1) is 19.6. The number of nitrogens with zero attached hydrogens (tertiary/aromatic N) is 3. The van der Waals surface area contributed by atoms with Crippen LogP contribution in [-0.2, 0) is 23.1 Å². The van der Waals surface area contributed by atoms with Gasteiger partial charge in [-0.2, -0.15) is 0 Å². The van der Waals surface area contributed by atoms with E-state index < -0.39 is 10.0 Å². The van der Waals surface area contributed by atoms with Crippen molar-refractivity contribution in [3.63, 3.8) is 0 Å². The largest absolute Gasteiger partial charge is 0.468 e. The van der Waals surface area contributed by atoms with E-state index in [2.05, 4.69) is 19.5 Å². The van der Waals surface area contributed by atoms with E-state index in [1.807, 2.05) is 24.3 Å². The first-order chi connectivity index (χ1) is 14.1. The number of nitrogens with one attached hydrogen (secondary N) is 1. The first-order valence-electron chi connectivity index (χ1n) is 9.57. The second-order valence-electron chi connectivity index (χ2n) is 7.12. The molecule has 152 valence electrons. The third-order valence-corrected chi connectivity index (χ3v) is 6.35. The van der Waals surface area contributed by atoms with Crippen molar-refractivity contribution in [2.75, 3.05) is 30.9 Å². The highest BCUT2D eigenvalue weighted by atomic mass is 32.2. The number of furan rings is 1. The van der Waals surface area contributed by atoms with E-state index in [9.17, 15) is 8.42 Å². The molecule has 3 aromatic rings. The molecule has 0 atom stereocenters. The second-order valence-corrected chi connectivity index (χ2v) is 8.81. The number of anilines is 1. The maximum Gasteiger partial charge on any atom is 0.263 e. The van der Waals surface area contributed by atoms with Gasteiger partial charge in [-0.25, -0.2) is 8.42 Å². The van der Waals surface area contributed by atoms with Gasteiger partial charge >= 0.3 is 0 Å². The fraction of sp³-hybridized carbons (Fsp3) is 0.286. The summed E-state index contributed by atoms with van der Waals surface area (Å²) in [5.41, 5.74) is 1.70. The van der Waals surface area contributed by atoms with Gasteiger partial charge in [0.05, 0.1) is 12.8 Å². The molecule has 0 unspecified atom stereocenters. The average Bonchev–Trinajstić information content (AvgIpc) is 3.24. The molecule has 0 bridgehead atoms. The van der Waals surface area contributed by atoms with Crippen LogP contribution in [0, 0.1) is 0 Å². The van der Waals surface area contributed by atoms with Gasteiger partial charge in [-0.3, -0.25) is 19.5 Å². The standard InChI is InChI=1S/C21H24N4O3S/c26-29(27,21-4-1-9-22-15-21)23-19-7-5-18(6-8-19)16-24-10-12-25(13-11-24)17-20-3-2-14-28-20/h1-9,14-15,23H,10-13,16-17H2. The molecule has 1 aliphatic rings. The molecule has 0 aliphatic carbocycles. The lowest BCUT2D eigenvalue weighted by Gasteiger charge is -2.34. The molecule has 1 N–H and O–H groups in total. The van der Waals surface area contributed by atoms with Crippen molar-refractivity contribution < 1.29 is 12.8 Å². The lowest BCUT2D eigenvalue weighted by atomic mass is 10.2. The Hall–Kier alpha value is -2.68. The van der Waals surface area contributed by atoms with Gasteiger partial charge in [-0.1, -0.05) is 12.1 Å². The average molecular weight is 413 g/mol. The van der Waals surface area contributed by atoms with Crippen LogP contribution in [0.3, 0.4) is 0 Å². The fourth-order valence-corrected chi connectivity index (χ4v) is 4.41. The minimum atomic E-state index is -3.62. The Labute approximate surface area is 171 Å². The van der Waals surface area contributed by atoms with Gasteiger partial charge in [0.25, 0.3) is 10.0 Å². The SMILES string of the molecule is O=S(=O)(Nc1ccc(CN2CCN(Cc3ccco3)CC2)cc1)c1cccnc1. The summed E-state index contributed by atoms with van der Waals surface area (Å²) in [7, 11) is -3.62. The van der Waals surface area contributed by atoms with Gasteiger partial charge in [-0.05, 0) is 42.0 Å². The van der Waals surface area contributed by atoms with E-state index in [0.29, 0.717) is 5.69 Å². The van der Waals surface area contributed by atoms with E-state index in [4.69, 9.17) is 4.42 Å². The van der Waals surface area contributed by atoms with E-state index in [-0.39, 0.29) is 4.90 Å². The Morgan fingerprint density at radius 3 is 2.28 bits per heavy atom. The third-order valence-electron chi connectivity index (χ3n) is 4.98. The van der Waals surface area contributed by atoms with Crippen LogP contribution < -0.4 is 4.72 Å². The van der Waals surface area contributed by atoms with Crippen LogP contribution in [0.5, 0.6) is 0 Å². The van der Waals surface area contributed by atoms with Crippen LogP contribution >= 0.6 is 0 Å². The molecule has 0 spiro atoms. The van der Waals surface area contributed by atoms with Crippen molar-refractivity contribution in [2.45, 2.75) is 18.0 Å². The summed E-state index contributed by atoms with van der Waals surface area (Å²) < 4.78 is 32.8. The minimum absolute atomic E-state index is 0.150. The summed E-state index contributed by atoms with van der Waals surface area (Å²) in [5.74, 6) is 1.00. The second kappa shape index (κ2) is 8.77. The van der Waals surface area contributed by atoms with Crippen molar-refractivity contribution in [2.24, 2.45) is 0 Å². The number of aromatic nitrogens is 1. The number of pyridine rings is 1. The quantitative estimate of drug-likeness (QED) is 0.643. The predicted octanol–water partition coefficient (Wildman–Crippen LogP) is 2.79. The maximum atomic E-state index is 12.4. The van der Waals surface area contributed by atoms with E-state index >= 15 is 0 Å². The molecular weight excluding hydrogens is 388 g/mol. The highest BCUT2D eigenvalue weighted by molar-refractivity contribution is 7.92. The zero-order chi connectivity index (χ0) is 20.1. The number of rotatable bonds is 7. The monoisotopic (exact) mass is 412 g/mol. The van der Waals surface area contributed by atoms with Crippen molar-refractivity contribution in [3.05, 3.63) is 78.5 Å². The number of sulfonamides is 1. The number of hydrogen-bond donors (Lipinski definition) is 1. The molecule has 0 amide bonds. The molecule has 0 radical (unpaired) electrons. The van der Waals surface area contributed by atoms with Crippen LogP contribution in [0.1, 0.15) is 11.3 Å². The molecule has 4 rings (SSSR count). The molecule has 1 fully saturated rings. The molecule has 1 aromatic carbocycles. The smallest absolute Gasteiger partial charge is 0.263 e. The Morgan fingerprint density at radius 2 is 1.66 bits per heavy atom. The number of benzene rings is 1. The van der Waals surface area contributed by atoms with Gasteiger partial charge in [0.1, 0.15) is 10.7 Å². The zero-order valence-corrected chi connectivity index (χ0v) is 16.9. The van der Waals surface area contributed by atoms with Crippen LogP contribution in [0.15, 0.2) is 76.5 Å². The van der Waals surface area contributed by atoms with Crippen molar-refractivity contribution in [1.82, 2.24) is 14.8 Å². The molecule has 29 heavy (non-hydrogen) atoms. The Morgan fingerprint density at radius 1 is 0.931 bits per heavy atom. The van der Waals surface area contributed by atoms with Gasteiger partial charge in [0, 0.05) is 50.8 Å². The van der Waals surface area contributed by atoms with Crippen molar-refractivity contribution in [1.29, 1.82) is 0 Å². The topological polar surface area (TPSA) is 78.7 Å². The summed E-state index contributed by atoms with van der Waals surface area (Å²) in [5, 5.41) is 0. The lowest BCUT2D eigenvalue weighted by Crippen LogP contribution is -2.45. The Balaban J connectivity index is 1.29. The summed E-state index contributed by atoms with van der Waals surface area (Å²) in [6.45, 7) is 5.70. The van der Waals surface area contributed by atoms with Crippen LogP contribution in [0.25, 0.3) is 0 Å². The Bertz CT molecular complexity index is 998. The molecule has 7 nitrogen and oxygen atoms in total. The first-order valence-corrected chi connectivity index (χ1v) is 11.1. The van der Waals surface area contributed by atoms with E-state index in [0.717, 1.165) is 50.6 Å². The third kappa shape index (κ3) is 5.23. The molecule has 1 saturated heterocycles. The summed E-state index contributed by atoms with van der Waals surface area (Å²) in [6, 6.07) is 14.6. The van der Waals surface area contributed by atoms with Gasteiger partial charge in [-0.15, -0.1) is 0 Å². The lowest BCUT2D eigenvalue weighted by molar-refractivity contribution is 0.116. The molecular formula is C21H24N4O3S. The van der Waals surface area contributed by atoms with Crippen LogP contribution in [0.4, 0.5) is 5.69 Å². The molecule has 1 aliphatic heterocycles. The van der Waals surface area contributed by atoms with E-state index in [1.54, 1.807) is 30.7 Å². The van der Waals surface area contributed by atoms with E-state index in [1.165, 1.54) is 12.3 Å². The predicted molar refractivity (Wildman–Crippen MR) is 111 cm³/mol. The molecule has 8 heteroatoms. The normalized spacial score (nSPS) is 16.0. The van der Waals surface area contributed by atoms with Crippen molar-refractivity contribution >= 4 is 15.7 Å². The van der Waals surface area contributed by atoms with Gasteiger partial charge in [0.15, 0.2) is 0 Å². The van der Waals surface area contributed by atoms with Crippen molar-refractivity contribution in [3.8, 4) is 0 Å². The fourth-order valence-electron chi connectivity index (χ4n) is 3.38. The highest BCUT2D eigenvalue weighted by Crippen LogP contribution is 2.17. The summed E-state index contributed by atoms with van der Waals surface area (Å²) in [6.07, 6.45) is 4.60. The number of piperazine rings is 1. The molecule has 3 heterocycles. The molecule has 0 saturated carbocycles. The molecule has 2 aromatic heterocycles.